The molecule has 2 aliphatic heterocycles. The van der Waals surface area contributed by atoms with Gasteiger partial charge in [-0.05, 0) is 285 Å². The van der Waals surface area contributed by atoms with Crippen LogP contribution in [0.15, 0.2) is 449 Å². The van der Waals surface area contributed by atoms with Crippen LogP contribution >= 0.6 is 0 Å². The Balaban J connectivity index is 0.808. The van der Waals surface area contributed by atoms with E-state index < -0.39 is 0 Å². The van der Waals surface area contributed by atoms with E-state index in [2.05, 4.69) is 493 Å². The average Bonchev–Trinajstić information content (AvgIpc) is 0.686. The number of hydrogen-bond acceptors (Lipinski definition) is 2. The molecular formula is C122H89BN2. The van der Waals surface area contributed by atoms with E-state index in [1.807, 2.05) is 0 Å². The van der Waals surface area contributed by atoms with Gasteiger partial charge >= 0.3 is 0 Å². The van der Waals surface area contributed by atoms with Crippen LogP contribution in [0.2, 0.25) is 0 Å². The SMILES string of the molecule is Cc1cc2c(c(C)c1-c1ccccc1)N(c1ccc(-c3c(-c4ccccc4)cc(-c4ccccc4)cc3-c3ccccc3)cc1)c1cc(C(C)(C)C)cc3c1B2c1ccc(-c2c4ccccc4c(-c4c(-c5ccccc5)cccc4-c4ccccc4)c4ccccc24)cc1N3c1ccc(-c2c(-c3ccccc3)cc(-c3ccccc3)cc2-c2ccccc2)cc1. The normalized spacial score (nSPS) is 12.2. The van der Waals surface area contributed by atoms with Gasteiger partial charge in [0.1, 0.15) is 0 Å². The average molecular weight is 1590 g/mol. The van der Waals surface area contributed by atoms with Crippen LogP contribution in [-0.4, -0.2) is 6.71 Å². The zero-order chi connectivity index (χ0) is 83.8. The van der Waals surface area contributed by atoms with Crippen LogP contribution in [0.1, 0.15) is 37.5 Å². The van der Waals surface area contributed by atoms with Gasteiger partial charge < -0.3 is 9.80 Å². The maximum absolute atomic E-state index is 2.66. The van der Waals surface area contributed by atoms with Crippen molar-refractivity contribution >= 4 is 78.8 Å². The number of nitrogens with zero attached hydrogens (tertiary/aromatic N) is 2. The van der Waals surface area contributed by atoms with Crippen LogP contribution in [0.25, 0.3) is 166 Å². The lowest BCUT2D eigenvalue weighted by Gasteiger charge is -2.46. The minimum atomic E-state index is -0.313. The highest BCUT2D eigenvalue weighted by Gasteiger charge is 2.46. The van der Waals surface area contributed by atoms with Crippen LogP contribution in [0, 0.1) is 13.8 Å². The number of benzene rings is 20. The highest BCUT2D eigenvalue weighted by Crippen LogP contribution is 2.55. The van der Waals surface area contributed by atoms with Gasteiger partial charge in [0.25, 0.3) is 6.71 Å². The number of fused-ring (bicyclic) bond motifs is 6. The summed E-state index contributed by atoms with van der Waals surface area (Å²) in [6.07, 6.45) is 0. The molecule has 0 atom stereocenters. The van der Waals surface area contributed by atoms with Gasteiger partial charge in [-0.2, -0.15) is 0 Å². The Kier molecular flexibility index (Phi) is 19.1. The minimum absolute atomic E-state index is 0.210. The Morgan fingerprint density at radius 3 is 0.912 bits per heavy atom. The summed E-state index contributed by atoms with van der Waals surface area (Å²) in [7, 11) is 0. The molecule has 0 amide bonds. The first kappa shape index (κ1) is 75.8. The topological polar surface area (TPSA) is 6.48 Å². The quantitative estimate of drug-likeness (QED) is 0.0746. The van der Waals surface area contributed by atoms with E-state index in [1.165, 1.54) is 183 Å². The molecule has 0 unspecified atom stereocenters. The molecule has 0 spiro atoms. The molecular weight excluding hydrogens is 1500 g/mol. The summed E-state index contributed by atoms with van der Waals surface area (Å²) in [6, 6.07) is 168. The Morgan fingerprint density at radius 2 is 0.528 bits per heavy atom. The molecule has 2 heterocycles. The predicted molar refractivity (Wildman–Crippen MR) is 534 cm³/mol. The molecule has 0 saturated carbocycles. The standard InChI is InChI=1S/C122H89BN2/c1-80-72-110-121(81(2)114(80)90-54-31-14-32-55-90)125(98-69-64-92(65-70-98)116-107(88-50-27-12-28-51-88)75-95(83-40-17-7-18-41-83)76-108(116)89-52-29-13-30-53-89)113-79-96(122(3,4)5)78-112-120(113)123(110)109-71-66-93(117-101-56-33-35-58-103(101)119(104-59-36-34-57-102(104)117)118-99(84-42-19-8-20-43-84)60-37-61-100(118)85-44-21-9-22-45-85)77-111(109)124(112)97-67-62-91(63-68-97)115-105(86-46-23-10-24-47-86)73-94(82-38-15-6-16-39-82)74-106(115)87-48-25-11-26-49-87/h6-79H,1-5H3. The molecule has 2 aliphatic rings. The lowest BCUT2D eigenvalue weighted by Crippen LogP contribution is -2.61. The van der Waals surface area contributed by atoms with E-state index >= 15 is 0 Å². The molecule has 0 fully saturated rings. The Bertz CT molecular complexity index is 7260. The third-order valence-electron chi connectivity index (χ3n) is 26.1. The summed E-state index contributed by atoms with van der Waals surface area (Å²) < 4.78 is 0. The number of rotatable bonds is 15. The van der Waals surface area contributed by atoms with Gasteiger partial charge in [0.05, 0.1) is 0 Å². The Hall–Kier alpha value is -15.4. The Morgan fingerprint density at radius 1 is 0.208 bits per heavy atom. The first-order valence-electron chi connectivity index (χ1n) is 43.7. The van der Waals surface area contributed by atoms with Gasteiger partial charge in [-0.3, -0.25) is 0 Å². The number of hydrogen-bond donors (Lipinski definition) is 0. The van der Waals surface area contributed by atoms with Crippen molar-refractivity contribution in [1.29, 1.82) is 0 Å². The van der Waals surface area contributed by atoms with Crippen molar-refractivity contribution in [3.05, 3.63) is 466 Å². The summed E-state index contributed by atoms with van der Waals surface area (Å²) in [4.78, 5) is 5.32. The molecule has 0 radical (unpaired) electrons. The third-order valence-corrected chi connectivity index (χ3v) is 26.1. The summed E-state index contributed by atoms with van der Waals surface area (Å²) in [5.41, 5.74) is 44.6. The van der Waals surface area contributed by atoms with Gasteiger partial charge in [-0.15, -0.1) is 0 Å². The molecule has 2 nitrogen and oxygen atoms in total. The van der Waals surface area contributed by atoms with E-state index in [0.717, 1.165) is 50.6 Å². The van der Waals surface area contributed by atoms with Crippen molar-refractivity contribution in [3.8, 4) is 145 Å². The van der Waals surface area contributed by atoms with Crippen molar-refractivity contribution in [1.82, 2.24) is 0 Å². The zero-order valence-electron chi connectivity index (χ0n) is 70.7. The molecule has 0 bridgehead atoms. The molecule has 590 valence electrons. The maximum atomic E-state index is 2.66. The molecule has 0 aliphatic carbocycles. The van der Waals surface area contributed by atoms with Gasteiger partial charge in [0, 0.05) is 34.1 Å². The fraction of sp³-hybridized carbons (Fsp3) is 0.0492. The molecule has 20 aromatic carbocycles. The Labute approximate surface area is 733 Å². The fourth-order valence-electron chi connectivity index (χ4n) is 20.4. The van der Waals surface area contributed by atoms with Crippen molar-refractivity contribution in [2.75, 3.05) is 9.80 Å². The smallest absolute Gasteiger partial charge is 0.252 e. The van der Waals surface area contributed by atoms with E-state index in [1.54, 1.807) is 0 Å². The number of aryl methyl sites for hydroxylation is 1. The summed E-state index contributed by atoms with van der Waals surface area (Å²) in [5.74, 6) is 0. The van der Waals surface area contributed by atoms with E-state index in [-0.39, 0.29) is 12.1 Å². The second-order valence-electron chi connectivity index (χ2n) is 34.5. The predicted octanol–water partition coefficient (Wildman–Crippen LogP) is 31.7. The van der Waals surface area contributed by atoms with Crippen molar-refractivity contribution in [3.63, 3.8) is 0 Å². The fourth-order valence-corrected chi connectivity index (χ4v) is 20.4. The zero-order valence-corrected chi connectivity index (χ0v) is 70.7. The first-order chi connectivity index (χ1) is 61.5. The van der Waals surface area contributed by atoms with Crippen molar-refractivity contribution < 1.29 is 0 Å². The number of anilines is 6. The summed E-state index contributed by atoms with van der Waals surface area (Å²) >= 11 is 0. The molecule has 0 N–H and O–H groups in total. The van der Waals surface area contributed by atoms with Gasteiger partial charge in [0.15, 0.2) is 0 Å². The lowest BCUT2D eigenvalue weighted by molar-refractivity contribution is 0.590. The van der Waals surface area contributed by atoms with Crippen LogP contribution < -0.4 is 26.2 Å². The van der Waals surface area contributed by atoms with Gasteiger partial charge in [0.2, 0.25) is 0 Å². The highest BCUT2D eigenvalue weighted by molar-refractivity contribution is 7.00. The van der Waals surface area contributed by atoms with E-state index in [0.29, 0.717) is 0 Å². The van der Waals surface area contributed by atoms with Gasteiger partial charge in [-0.25, -0.2) is 0 Å². The second-order valence-corrected chi connectivity index (χ2v) is 34.5. The first-order valence-corrected chi connectivity index (χ1v) is 43.7. The molecule has 0 saturated heterocycles. The molecule has 0 aromatic heterocycles. The highest BCUT2D eigenvalue weighted by atomic mass is 15.2. The van der Waals surface area contributed by atoms with E-state index in [9.17, 15) is 0 Å². The van der Waals surface area contributed by atoms with Crippen molar-refractivity contribution in [2.24, 2.45) is 0 Å². The minimum Gasteiger partial charge on any atom is -0.311 e. The lowest BCUT2D eigenvalue weighted by atomic mass is 9.33. The van der Waals surface area contributed by atoms with Crippen LogP contribution in [0.5, 0.6) is 0 Å². The monoisotopic (exact) mass is 1590 g/mol. The van der Waals surface area contributed by atoms with Gasteiger partial charge in [-0.1, -0.05) is 403 Å². The molecule has 22 rings (SSSR count). The maximum Gasteiger partial charge on any atom is 0.252 e. The summed E-state index contributed by atoms with van der Waals surface area (Å²) in [5, 5.41) is 4.77. The van der Waals surface area contributed by atoms with Crippen LogP contribution in [0.4, 0.5) is 34.1 Å². The molecule has 20 aromatic rings. The third kappa shape index (κ3) is 13.4. The largest absolute Gasteiger partial charge is 0.311 e. The van der Waals surface area contributed by atoms with Crippen LogP contribution in [-0.2, 0) is 5.41 Å². The summed E-state index contributed by atoms with van der Waals surface area (Å²) in [6.45, 7) is 11.7. The van der Waals surface area contributed by atoms with Crippen molar-refractivity contribution in [2.45, 2.75) is 40.0 Å². The molecule has 3 heteroatoms. The second kappa shape index (κ2) is 31.6. The van der Waals surface area contributed by atoms with E-state index in [4.69, 9.17) is 0 Å². The molecule has 125 heavy (non-hydrogen) atoms. The van der Waals surface area contributed by atoms with Crippen LogP contribution in [0.3, 0.4) is 0 Å².